The van der Waals surface area contributed by atoms with E-state index in [1.807, 2.05) is 22.7 Å². The molecule has 0 atom stereocenters. The molecule has 0 radical (unpaired) electrons. The number of hydrogen-bond acceptors (Lipinski definition) is 6. The molecule has 0 amide bonds. The van der Waals surface area contributed by atoms with Crippen molar-refractivity contribution in [2.45, 2.75) is 20.3 Å². The van der Waals surface area contributed by atoms with Crippen molar-refractivity contribution in [1.82, 2.24) is 29.8 Å². The minimum absolute atomic E-state index is 0.515. The summed E-state index contributed by atoms with van der Waals surface area (Å²) in [6.45, 7) is 4.32. The van der Waals surface area contributed by atoms with Gasteiger partial charge in [-0.15, -0.1) is 10.2 Å². The molecule has 0 aliphatic rings. The third kappa shape index (κ3) is 2.14. The first-order valence-electron chi connectivity index (χ1n) is 7.13. The molecule has 0 saturated heterocycles. The van der Waals surface area contributed by atoms with Crippen LogP contribution in [0.2, 0.25) is 0 Å². The van der Waals surface area contributed by atoms with E-state index in [0.717, 1.165) is 38.8 Å². The van der Waals surface area contributed by atoms with Crippen LogP contribution in [0.1, 0.15) is 19.7 Å². The second-order valence-electron chi connectivity index (χ2n) is 5.55. The molecular formula is C15H14N6S. The molecule has 4 rings (SSSR count). The zero-order valence-corrected chi connectivity index (χ0v) is 13.1. The molecule has 110 valence electrons. The average Bonchev–Trinajstić information content (AvgIpc) is 3.08. The molecule has 0 fully saturated rings. The molecule has 0 aliphatic carbocycles. The summed E-state index contributed by atoms with van der Waals surface area (Å²) in [5.74, 6) is 1.42. The minimum Gasteiger partial charge on any atom is -0.253 e. The van der Waals surface area contributed by atoms with Crippen LogP contribution >= 0.6 is 11.3 Å². The molecule has 0 saturated carbocycles. The largest absolute Gasteiger partial charge is 0.253 e. The van der Waals surface area contributed by atoms with Gasteiger partial charge in [0.15, 0.2) is 5.82 Å². The molecule has 0 spiro atoms. The van der Waals surface area contributed by atoms with Crippen molar-refractivity contribution in [3.63, 3.8) is 0 Å². The van der Waals surface area contributed by atoms with Crippen molar-refractivity contribution in [2.75, 3.05) is 0 Å². The van der Waals surface area contributed by atoms with Gasteiger partial charge in [-0.2, -0.15) is 9.61 Å². The molecule has 3 heterocycles. The lowest BCUT2D eigenvalue weighted by atomic mass is 10.1. The number of fused-ring (bicyclic) bond motifs is 2. The van der Waals surface area contributed by atoms with E-state index in [-0.39, 0.29) is 0 Å². The second kappa shape index (κ2) is 5.10. The van der Waals surface area contributed by atoms with Gasteiger partial charge in [0, 0.05) is 24.4 Å². The fourth-order valence-electron chi connectivity index (χ4n) is 2.42. The number of benzene rings is 1. The van der Waals surface area contributed by atoms with Crippen molar-refractivity contribution >= 4 is 27.3 Å². The van der Waals surface area contributed by atoms with Crippen LogP contribution in [0.4, 0.5) is 0 Å². The first-order chi connectivity index (χ1) is 10.7. The van der Waals surface area contributed by atoms with Crippen molar-refractivity contribution in [3.05, 3.63) is 36.4 Å². The smallest absolute Gasteiger partial charge is 0.234 e. The Bertz CT molecular complexity index is 950. The van der Waals surface area contributed by atoms with Crippen LogP contribution in [0.15, 0.2) is 30.6 Å². The van der Waals surface area contributed by atoms with Gasteiger partial charge >= 0.3 is 0 Å². The highest BCUT2D eigenvalue weighted by Gasteiger charge is 2.15. The fourth-order valence-corrected chi connectivity index (χ4v) is 3.31. The van der Waals surface area contributed by atoms with Gasteiger partial charge in [-0.05, 0) is 18.1 Å². The molecule has 1 aromatic carbocycles. The SMILES string of the molecule is CC(C)Cc1nnc2sc(-c3cccc4nccnc34)nn12. The van der Waals surface area contributed by atoms with Gasteiger partial charge in [-0.3, -0.25) is 9.97 Å². The topological polar surface area (TPSA) is 68.9 Å². The van der Waals surface area contributed by atoms with E-state index in [1.165, 1.54) is 11.3 Å². The Morgan fingerprint density at radius 2 is 2.00 bits per heavy atom. The Morgan fingerprint density at radius 1 is 1.14 bits per heavy atom. The van der Waals surface area contributed by atoms with Crippen LogP contribution in [0.5, 0.6) is 0 Å². The van der Waals surface area contributed by atoms with Crippen molar-refractivity contribution in [3.8, 4) is 10.6 Å². The fraction of sp³-hybridized carbons (Fsp3) is 0.267. The summed E-state index contributed by atoms with van der Waals surface area (Å²) in [5.41, 5.74) is 2.71. The standard InChI is InChI=1S/C15H14N6S/c1-9(2)8-12-18-19-15-21(12)20-14(22-15)10-4-3-5-11-13(10)17-7-6-16-11/h3-7,9H,8H2,1-2H3. The van der Waals surface area contributed by atoms with E-state index in [9.17, 15) is 0 Å². The van der Waals surface area contributed by atoms with Gasteiger partial charge in [-0.25, -0.2) is 0 Å². The van der Waals surface area contributed by atoms with E-state index in [2.05, 4.69) is 39.1 Å². The maximum Gasteiger partial charge on any atom is 0.234 e. The number of aromatic nitrogens is 6. The lowest BCUT2D eigenvalue weighted by Gasteiger charge is -2.01. The summed E-state index contributed by atoms with van der Waals surface area (Å²) >= 11 is 1.52. The van der Waals surface area contributed by atoms with Crippen LogP contribution < -0.4 is 0 Å². The molecule has 22 heavy (non-hydrogen) atoms. The highest BCUT2D eigenvalue weighted by molar-refractivity contribution is 7.19. The van der Waals surface area contributed by atoms with Gasteiger partial charge in [0.1, 0.15) is 5.01 Å². The zero-order valence-electron chi connectivity index (χ0n) is 12.3. The molecule has 0 aliphatic heterocycles. The quantitative estimate of drug-likeness (QED) is 0.582. The zero-order chi connectivity index (χ0) is 15.1. The van der Waals surface area contributed by atoms with Crippen LogP contribution in [-0.4, -0.2) is 29.8 Å². The molecule has 6 nitrogen and oxygen atoms in total. The summed E-state index contributed by atoms with van der Waals surface area (Å²) < 4.78 is 1.84. The Kier molecular flexibility index (Phi) is 3.07. The first kappa shape index (κ1) is 13.3. The molecule has 0 bridgehead atoms. The number of rotatable bonds is 3. The van der Waals surface area contributed by atoms with Crippen LogP contribution in [0.25, 0.3) is 26.6 Å². The lowest BCUT2D eigenvalue weighted by molar-refractivity contribution is 0.607. The molecule has 4 aromatic rings. The molecule has 0 unspecified atom stereocenters. The predicted octanol–water partition coefficient (Wildman–Crippen LogP) is 2.99. The van der Waals surface area contributed by atoms with Gasteiger partial charge < -0.3 is 0 Å². The van der Waals surface area contributed by atoms with E-state index in [1.54, 1.807) is 12.4 Å². The highest BCUT2D eigenvalue weighted by Crippen LogP contribution is 2.30. The third-order valence-electron chi connectivity index (χ3n) is 3.38. The van der Waals surface area contributed by atoms with Gasteiger partial charge in [-0.1, -0.05) is 31.3 Å². The van der Waals surface area contributed by atoms with E-state index >= 15 is 0 Å². The number of nitrogens with zero attached hydrogens (tertiary/aromatic N) is 6. The molecule has 0 N–H and O–H groups in total. The number of para-hydroxylation sites is 1. The summed E-state index contributed by atoms with van der Waals surface area (Å²) in [6, 6.07) is 5.95. The van der Waals surface area contributed by atoms with Crippen molar-refractivity contribution in [1.29, 1.82) is 0 Å². The summed E-state index contributed by atoms with van der Waals surface area (Å²) in [4.78, 5) is 9.60. The monoisotopic (exact) mass is 310 g/mol. The van der Waals surface area contributed by atoms with Crippen molar-refractivity contribution in [2.24, 2.45) is 5.92 Å². The van der Waals surface area contributed by atoms with E-state index in [4.69, 9.17) is 0 Å². The minimum atomic E-state index is 0.515. The third-order valence-corrected chi connectivity index (χ3v) is 4.31. The Morgan fingerprint density at radius 3 is 2.86 bits per heavy atom. The molecule has 7 heteroatoms. The van der Waals surface area contributed by atoms with Crippen molar-refractivity contribution < 1.29 is 0 Å². The molecule has 3 aromatic heterocycles. The Hall–Kier alpha value is -2.41. The van der Waals surface area contributed by atoms with E-state index in [0.29, 0.717) is 5.92 Å². The average molecular weight is 310 g/mol. The van der Waals surface area contributed by atoms with Crippen LogP contribution in [0, 0.1) is 5.92 Å². The van der Waals surface area contributed by atoms with Gasteiger partial charge in [0.25, 0.3) is 0 Å². The first-order valence-corrected chi connectivity index (χ1v) is 7.95. The maximum absolute atomic E-state index is 4.69. The number of hydrogen-bond donors (Lipinski definition) is 0. The lowest BCUT2D eigenvalue weighted by Crippen LogP contribution is -2.01. The summed E-state index contributed by atoms with van der Waals surface area (Å²) in [6.07, 6.45) is 4.27. The van der Waals surface area contributed by atoms with Crippen LogP contribution in [-0.2, 0) is 6.42 Å². The molecular weight excluding hydrogens is 296 g/mol. The highest BCUT2D eigenvalue weighted by atomic mass is 32.1. The normalized spacial score (nSPS) is 11.8. The van der Waals surface area contributed by atoms with Gasteiger partial charge in [0.05, 0.1) is 11.0 Å². The predicted molar refractivity (Wildman–Crippen MR) is 85.7 cm³/mol. The van der Waals surface area contributed by atoms with Crippen LogP contribution in [0.3, 0.4) is 0 Å². The second-order valence-corrected chi connectivity index (χ2v) is 6.50. The maximum atomic E-state index is 4.69. The van der Waals surface area contributed by atoms with Gasteiger partial charge in [0.2, 0.25) is 4.96 Å². The Labute approximate surface area is 130 Å². The Balaban J connectivity index is 1.88. The summed E-state index contributed by atoms with van der Waals surface area (Å²) in [7, 11) is 0. The summed E-state index contributed by atoms with van der Waals surface area (Å²) in [5, 5.41) is 14.0. The van der Waals surface area contributed by atoms with E-state index < -0.39 is 0 Å².